The fourth-order valence-electron chi connectivity index (χ4n) is 2.64. The first-order valence-electron chi connectivity index (χ1n) is 8.61. The van der Waals surface area contributed by atoms with Crippen LogP contribution in [0.25, 0.3) is 0 Å². The van der Waals surface area contributed by atoms with E-state index in [4.69, 9.17) is 39.5 Å². The van der Waals surface area contributed by atoms with Crippen LogP contribution in [-0.2, 0) is 14.3 Å². The van der Waals surface area contributed by atoms with Crippen molar-refractivity contribution in [2.45, 2.75) is 13.3 Å². The second-order valence-electron chi connectivity index (χ2n) is 6.07. The number of carbonyl (C=O) groups is 3. The van der Waals surface area contributed by atoms with Crippen LogP contribution in [0.2, 0.25) is 10.0 Å². The predicted molar refractivity (Wildman–Crippen MR) is 112 cm³/mol. The lowest BCUT2D eigenvalue weighted by atomic mass is 10.2. The van der Waals surface area contributed by atoms with E-state index >= 15 is 0 Å². The van der Waals surface area contributed by atoms with Crippen LogP contribution in [-0.4, -0.2) is 24.4 Å². The molecule has 0 spiro atoms. The molecule has 0 radical (unpaired) electrons. The summed E-state index contributed by atoms with van der Waals surface area (Å²) in [6.45, 7) is 2.19. The van der Waals surface area contributed by atoms with Gasteiger partial charge in [0.2, 0.25) is 0 Å². The van der Waals surface area contributed by atoms with E-state index in [2.05, 4.69) is 5.32 Å². The Kier molecular flexibility index (Phi) is 6.47. The molecule has 2 aromatic carbocycles. The van der Waals surface area contributed by atoms with Crippen LogP contribution in [0.5, 0.6) is 0 Å². The van der Waals surface area contributed by atoms with Crippen molar-refractivity contribution in [2.24, 2.45) is 0 Å². The van der Waals surface area contributed by atoms with Crippen molar-refractivity contribution in [3.63, 3.8) is 0 Å². The van der Waals surface area contributed by atoms with Crippen molar-refractivity contribution in [1.82, 2.24) is 0 Å². The lowest BCUT2D eigenvalue weighted by Crippen LogP contribution is -2.32. The van der Waals surface area contributed by atoms with E-state index in [-0.39, 0.29) is 21.4 Å². The molecule has 0 saturated carbocycles. The number of esters is 1. The second kappa shape index (κ2) is 8.86. The third kappa shape index (κ3) is 4.40. The maximum Gasteiger partial charge on any atom is 0.338 e. The van der Waals surface area contributed by atoms with Crippen molar-refractivity contribution < 1.29 is 19.1 Å². The summed E-state index contributed by atoms with van der Waals surface area (Å²) < 4.78 is 5.10. The Morgan fingerprint density at radius 1 is 1.07 bits per heavy atom. The number of nitrogens with one attached hydrogen (secondary N) is 1. The van der Waals surface area contributed by atoms with Crippen molar-refractivity contribution >= 4 is 64.0 Å². The number of anilines is 2. The highest BCUT2D eigenvalue weighted by Gasteiger charge is 2.39. The molecular weight excluding hydrogens is 439 g/mol. The van der Waals surface area contributed by atoms with Gasteiger partial charge in [-0.25, -0.2) is 9.69 Å². The topological polar surface area (TPSA) is 75.7 Å². The summed E-state index contributed by atoms with van der Waals surface area (Å²) in [7, 11) is 0. The molecule has 29 heavy (non-hydrogen) atoms. The van der Waals surface area contributed by atoms with Gasteiger partial charge in [0, 0.05) is 10.7 Å². The zero-order chi connectivity index (χ0) is 21.1. The number of imide groups is 1. The number of ether oxygens (including phenoxy) is 1. The van der Waals surface area contributed by atoms with Gasteiger partial charge in [0.1, 0.15) is 10.7 Å². The first-order valence-corrected chi connectivity index (χ1v) is 9.74. The third-order valence-corrected chi connectivity index (χ3v) is 4.87. The Hall–Kier alpha value is -2.54. The number of hydrogen-bond donors (Lipinski definition) is 1. The number of hydrogen-bond acceptors (Lipinski definition) is 5. The van der Waals surface area contributed by atoms with Gasteiger partial charge < -0.3 is 10.1 Å². The number of rotatable bonds is 6. The fourth-order valence-corrected chi connectivity index (χ4v) is 3.34. The normalized spacial score (nSPS) is 13.9. The molecule has 1 aliphatic heterocycles. The summed E-state index contributed by atoms with van der Waals surface area (Å²) in [5, 5.41) is 3.01. The summed E-state index contributed by atoms with van der Waals surface area (Å²) in [5.41, 5.74) is 0.739. The van der Waals surface area contributed by atoms with Crippen molar-refractivity contribution in [3.8, 4) is 0 Å². The molecule has 1 aliphatic rings. The molecule has 0 unspecified atom stereocenters. The first kappa shape index (κ1) is 21.2. The minimum Gasteiger partial charge on any atom is -0.462 e. The zero-order valence-electron chi connectivity index (χ0n) is 15.2. The molecule has 3 rings (SSSR count). The van der Waals surface area contributed by atoms with E-state index in [1.807, 2.05) is 6.92 Å². The van der Waals surface area contributed by atoms with Crippen molar-refractivity contribution in [2.75, 3.05) is 16.8 Å². The highest BCUT2D eigenvalue weighted by atomic mass is 35.5. The third-order valence-electron chi connectivity index (χ3n) is 3.98. The quantitative estimate of drug-likeness (QED) is 0.492. The Morgan fingerprint density at radius 2 is 1.83 bits per heavy atom. The molecule has 150 valence electrons. The number of halogens is 3. The Bertz CT molecular complexity index is 1040. The summed E-state index contributed by atoms with van der Waals surface area (Å²) in [4.78, 5) is 38.3. The maximum absolute atomic E-state index is 12.8. The summed E-state index contributed by atoms with van der Waals surface area (Å²) in [6, 6.07) is 10.7. The Morgan fingerprint density at radius 3 is 2.52 bits per heavy atom. The van der Waals surface area contributed by atoms with Crippen molar-refractivity contribution in [1.29, 1.82) is 0 Å². The summed E-state index contributed by atoms with van der Waals surface area (Å²) in [6.07, 6.45) is 0.700. The van der Waals surface area contributed by atoms with E-state index in [0.29, 0.717) is 29.3 Å². The van der Waals surface area contributed by atoms with Gasteiger partial charge in [-0.15, -0.1) is 0 Å². The highest BCUT2D eigenvalue weighted by molar-refractivity contribution is 6.53. The molecule has 9 heteroatoms. The number of benzene rings is 2. The predicted octanol–water partition coefficient (Wildman–Crippen LogP) is 5.00. The average Bonchev–Trinajstić information content (AvgIpc) is 2.90. The van der Waals surface area contributed by atoms with Gasteiger partial charge in [0.25, 0.3) is 11.8 Å². The lowest BCUT2D eigenvalue weighted by Gasteiger charge is -2.16. The molecule has 0 aromatic heterocycles. The van der Waals surface area contributed by atoms with E-state index in [0.717, 1.165) is 4.90 Å². The van der Waals surface area contributed by atoms with Gasteiger partial charge in [-0.2, -0.15) is 0 Å². The van der Waals surface area contributed by atoms with E-state index in [9.17, 15) is 14.4 Å². The van der Waals surface area contributed by atoms with Gasteiger partial charge in [0.05, 0.1) is 22.9 Å². The highest BCUT2D eigenvalue weighted by Crippen LogP contribution is 2.35. The van der Waals surface area contributed by atoms with Gasteiger partial charge >= 0.3 is 5.97 Å². The molecule has 1 heterocycles. The minimum absolute atomic E-state index is 0.123. The molecule has 1 N–H and O–H groups in total. The van der Waals surface area contributed by atoms with Crippen LogP contribution in [0.3, 0.4) is 0 Å². The smallest absolute Gasteiger partial charge is 0.338 e. The Labute approximate surface area is 182 Å². The number of amides is 2. The number of carbonyl (C=O) groups excluding carboxylic acids is 3. The zero-order valence-corrected chi connectivity index (χ0v) is 17.4. The van der Waals surface area contributed by atoms with Gasteiger partial charge in [0.15, 0.2) is 0 Å². The number of nitrogens with zero attached hydrogens (tertiary/aromatic N) is 1. The van der Waals surface area contributed by atoms with E-state index in [1.165, 1.54) is 24.3 Å². The molecule has 0 bridgehead atoms. The van der Waals surface area contributed by atoms with Gasteiger partial charge in [-0.3, -0.25) is 9.59 Å². The molecule has 0 fully saturated rings. The molecular formula is C20H15Cl3N2O4. The van der Waals surface area contributed by atoms with Crippen LogP contribution >= 0.6 is 34.8 Å². The maximum atomic E-state index is 12.8. The SMILES string of the molecule is CCCOC(=O)c1cccc(NC2=C(Cl)C(=O)N(c3ccc(Cl)cc3Cl)C2=O)c1. The second-order valence-corrected chi connectivity index (χ2v) is 7.29. The molecule has 0 saturated heterocycles. The molecule has 2 amide bonds. The van der Waals surface area contributed by atoms with Crippen LogP contribution < -0.4 is 10.2 Å². The first-order chi connectivity index (χ1) is 13.8. The van der Waals surface area contributed by atoms with Crippen molar-refractivity contribution in [3.05, 3.63) is 68.8 Å². The largest absolute Gasteiger partial charge is 0.462 e. The Balaban J connectivity index is 1.86. The monoisotopic (exact) mass is 452 g/mol. The molecule has 6 nitrogen and oxygen atoms in total. The van der Waals surface area contributed by atoms with Gasteiger partial charge in [-0.05, 0) is 42.8 Å². The van der Waals surface area contributed by atoms with Gasteiger partial charge in [-0.1, -0.05) is 47.8 Å². The summed E-state index contributed by atoms with van der Waals surface area (Å²) >= 11 is 18.1. The molecule has 2 aromatic rings. The van der Waals surface area contributed by atoms with Crippen LogP contribution in [0.4, 0.5) is 11.4 Å². The fraction of sp³-hybridized carbons (Fsp3) is 0.150. The van der Waals surface area contributed by atoms with E-state index < -0.39 is 17.8 Å². The average molecular weight is 454 g/mol. The van der Waals surface area contributed by atoms with Crippen LogP contribution in [0, 0.1) is 0 Å². The molecule has 0 aliphatic carbocycles. The lowest BCUT2D eigenvalue weighted by molar-refractivity contribution is -0.120. The standard InChI is InChI=1S/C20H15Cl3N2O4/c1-2-8-29-20(28)11-4-3-5-13(9-11)24-17-16(23)18(26)25(19(17)27)15-7-6-12(21)10-14(15)22/h3-7,9-10,24H,2,8H2,1H3. The minimum atomic E-state index is -0.720. The van der Waals surface area contributed by atoms with E-state index in [1.54, 1.807) is 18.2 Å². The van der Waals surface area contributed by atoms with Crippen LogP contribution in [0.15, 0.2) is 53.2 Å². The molecule has 0 atom stereocenters. The van der Waals surface area contributed by atoms with Crippen LogP contribution in [0.1, 0.15) is 23.7 Å². The summed E-state index contributed by atoms with van der Waals surface area (Å²) in [5.74, 6) is -1.89.